The van der Waals surface area contributed by atoms with Crippen LogP contribution < -0.4 is 0 Å². The van der Waals surface area contributed by atoms with Crippen LogP contribution in [-0.2, 0) is 0 Å². The molecular weight excluding hydrogens is 309 g/mol. The van der Waals surface area contributed by atoms with Gasteiger partial charge in [-0.05, 0) is 66.0 Å². The van der Waals surface area contributed by atoms with Gasteiger partial charge in [-0.3, -0.25) is 0 Å². The van der Waals surface area contributed by atoms with Crippen LogP contribution in [0.3, 0.4) is 0 Å². The highest BCUT2D eigenvalue weighted by Gasteiger charge is 2.23. The lowest BCUT2D eigenvalue weighted by molar-refractivity contribution is -0.0696. The average molecular weight is 330 g/mol. The van der Waals surface area contributed by atoms with Gasteiger partial charge in [0.2, 0.25) is 0 Å². The summed E-state index contributed by atoms with van der Waals surface area (Å²) in [7, 11) is 0. The Labute approximate surface area is 141 Å². The zero-order valence-electron chi connectivity index (χ0n) is 13.8. The molecule has 0 N–H and O–H groups in total. The molecule has 3 rings (SSSR count). The standard InChI is InChI=1S/C21H21F3/c1-2-15-3-6-17(7-4-15)19-10-9-18-13-16(5-8-20(18)14-19)11-12-21(22,23)24/h5,8-10,13-15,17H,2-4,6-7H2,1H3. The second-order valence-electron chi connectivity index (χ2n) is 6.70. The molecule has 1 fully saturated rings. The third-order valence-corrected chi connectivity index (χ3v) is 5.11. The van der Waals surface area contributed by atoms with Crippen LogP contribution >= 0.6 is 0 Å². The summed E-state index contributed by atoms with van der Waals surface area (Å²) in [6.45, 7) is 2.26. The second-order valence-corrected chi connectivity index (χ2v) is 6.70. The molecule has 0 radical (unpaired) electrons. The fourth-order valence-corrected chi connectivity index (χ4v) is 3.64. The van der Waals surface area contributed by atoms with E-state index < -0.39 is 6.18 Å². The Morgan fingerprint density at radius 3 is 2.29 bits per heavy atom. The van der Waals surface area contributed by atoms with Crippen LogP contribution in [0.15, 0.2) is 36.4 Å². The Morgan fingerprint density at radius 1 is 0.958 bits per heavy atom. The van der Waals surface area contributed by atoms with E-state index in [2.05, 4.69) is 25.0 Å². The van der Waals surface area contributed by atoms with E-state index >= 15 is 0 Å². The van der Waals surface area contributed by atoms with Crippen molar-refractivity contribution in [1.29, 1.82) is 0 Å². The fraction of sp³-hybridized carbons (Fsp3) is 0.429. The Balaban J connectivity index is 1.81. The molecule has 0 bridgehead atoms. The first-order valence-corrected chi connectivity index (χ1v) is 8.58. The molecule has 24 heavy (non-hydrogen) atoms. The molecule has 2 aromatic rings. The number of halogens is 3. The number of rotatable bonds is 2. The largest absolute Gasteiger partial charge is 0.458 e. The van der Waals surface area contributed by atoms with Gasteiger partial charge in [0.15, 0.2) is 0 Å². The second kappa shape index (κ2) is 6.89. The Hall–Kier alpha value is -1.95. The zero-order chi connectivity index (χ0) is 17.2. The van der Waals surface area contributed by atoms with Crippen LogP contribution in [0.25, 0.3) is 10.8 Å². The van der Waals surface area contributed by atoms with E-state index in [0.717, 1.165) is 16.7 Å². The molecule has 0 aliphatic heterocycles. The summed E-state index contributed by atoms with van der Waals surface area (Å²) in [5.41, 5.74) is 1.75. The van der Waals surface area contributed by atoms with E-state index in [9.17, 15) is 13.2 Å². The molecule has 126 valence electrons. The zero-order valence-corrected chi connectivity index (χ0v) is 13.8. The first-order valence-electron chi connectivity index (χ1n) is 8.58. The average Bonchev–Trinajstić information content (AvgIpc) is 2.59. The lowest BCUT2D eigenvalue weighted by atomic mass is 9.77. The van der Waals surface area contributed by atoms with Gasteiger partial charge >= 0.3 is 6.18 Å². The van der Waals surface area contributed by atoms with Crippen molar-refractivity contribution in [2.45, 2.75) is 51.1 Å². The van der Waals surface area contributed by atoms with Crippen LogP contribution in [0.2, 0.25) is 0 Å². The molecule has 1 saturated carbocycles. The highest BCUT2D eigenvalue weighted by atomic mass is 19.4. The monoisotopic (exact) mass is 330 g/mol. The molecule has 0 heterocycles. The molecular formula is C21H21F3. The summed E-state index contributed by atoms with van der Waals surface area (Å²) in [5, 5.41) is 2.01. The van der Waals surface area contributed by atoms with Gasteiger partial charge in [-0.15, -0.1) is 0 Å². The van der Waals surface area contributed by atoms with Crippen molar-refractivity contribution in [2.24, 2.45) is 5.92 Å². The number of fused-ring (bicyclic) bond motifs is 1. The first-order chi connectivity index (χ1) is 11.4. The molecule has 2 aromatic carbocycles. The Morgan fingerprint density at radius 2 is 1.62 bits per heavy atom. The van der Waals surface area contributed by atoms with Crippen molar-refractivity contribution in [3.8, 4) is 11.8 Å². The van der Waals surface area contributed by atoms with E-state index in [0.29, 0.717) is 11.5 Å². The quantitative estimate of drug-likeness (QED) is 0.556. The van der Waals surface area contributed by atoms with E-state index in [4.69, 9.17) is 0 Å². The molecule has 0 aromatic heterocycles. The summed E-state index contributed by atoms with van der Waals surface area (Å²) < 4.78 is 36.6. The minimum absolute atomic E-state index is 0.399. The Kier molecular flexibility index (Phi) is 4.85. The lowest BCUT2D eigenvalue weighted by Gasteiger charge is -2.28. The predicted molar refractivity (Wildman–Crippen MR) is 91.9 cm³/mol. The van der Waals surface area contributed by atoms with Gasteiger partial charge < -0.3 is 0 Å². The van der Waals surface area contributed by atoms with Crippen LogP contribution in [0.5, 0.6) is 0 Å². The van der Waals surface area contributed by atoms with Crippen molar-refractivity contribution in [3.05, 3.63) is 47.5 Å². The third-order valence-electron chi connectivity index (χ3n) is 5.11. The topological polar surface area (TPSA) is 0 Å². The van der Waals surface area contributed by atoms with Crippen molar-refractivity contribution in [3.63, 3.8) is 0 Å². The number of alkyl halides is 3. The third kappa shape index (κ3) is 4.12. The smallest absolute Gasteiger partial charge is 0.159 e. The van der Waals surface area contributed by atoms with E-state index in [1.54, 1.807) is 12.1 Å². The summed E-state index contributed by atoms with van der Waals surface area (Å²) in [5.74, 6) is 5.00. The summed E-state index contributed by atoms with van der Waals surface area (Å²) >= 11 is 0. The Bertz CT molecular complexity index is 769. The van der Waals surface area contributed by atoms with Gasteiger partial charge in [0.1, 0.15) is 0 Å². The first kappa shape index (κ1) is 16.9. The van der Waals surface area contributed by atoms with Crippen LogP contribution in [0.1, 0.15) is 56.1 Å². The van der Waals surface area contributed by atoms with Crippen molar-refractivity contribution < 1.29 is 13.2 Å². The highest BCUT2D eigenvalue weighted by molar-refractivity contribution is 5.84. The summed E-state index contributed by atoms with van der Waals surface area (Å²) in [4.78, 5) is 0. The molecule has 1 aliphatic carbocycles. The molecule has 3 heteroatoms. The van der Waals surface area contributed by atoms with Crippen LogP contribution in [0.4, 0.5) is 13.2 Å². The maximum absolute atomic E-state index is 12.2. The van der Waals surface area contributed by atoms with Gasteiger partial charge in [-0.1, -0.05) is 43.5 Å². The molecule has 0 unspecified atom stereocenters. The number of hydrogen-bond donors (Lipinski definition) is 0. The summed E-state index contributed by atoms with van der Waals surface area (Å²) in [6.07, 6.45) is 1.89. The van der Waals surface area contributed by atoms with E-state index in [1.807, 2.05) is 12.1 Å². The number of benzene rings is 2. The van der Waals surface area contributed by atoms with Gasteiger partial charge in [0, 0.05) is 11.5 Å². The maximum Gasteiger partial charge on any atom is 0.458 e. The van der Waals surface area contributed by atoms with Crippen molar-refractivity contribution in [2.75, 3.05) is 0 Å². The fourth-order valence-electron chi connectivity index (χ4n) is 3.64. The van der Waals surface area contributed by atoms with Gasteiger partial charge in [0.05, 0.1) is 0 Å². The molecule has 0 saturated heterocycles. The highest BCUT2D eigenvalue weighted by Crippen LogP contribution is 2.37. The van der Waals surface area contributed by atoms with Crippen LogP contribution in [-0.4, -0.2) is 6.18 Å². The summed E-state index contributed by atoms with van der Waals surface area (Å²) in [6, 6.07) is 11.6. The predicted octanol–water partition coefficient (Wildman–Crippen LogP) is 6.44. The van der Waals surface area contributed by atoms with Crippen molar-refractivity contribution in [1.82, 2.24) is 0 Å². The molecule has 0 atom stereocenters. The molecule has 1 aliphatic rings. The van der Waals surface area contributed by atoms with Gasteiger partial charge in [-0.2, -0.15) is 13.2 Å². The molecule has 0 amide bonds. The van der Waals surface area contributed by atoms with E-state index in [-0.39, 0.29) is 0 Å². The number of hydrogen-bond acceptors (Lipinski definition) is 0. The normalized spacial score (nSPS) is 21.3. The van der Waals surface area contributed by atoms with E-state index in [1.165, 1.54) is 43.6 Å². The maximum atomic E-state index is 12.2. The van der Waals surface area contributed by atoms with Crippen molar-refractivity contribution >= 4 is 10.8 Å². The minimum atomic E-state index is -4.45. The lowest BCUT2D eigenvalue weighted by Crippen LogP contribution is -2.12. The SMILES string of the molecule is CCC1CCC(c2ccc3cc(C#CC(F)(F)F)ccc3c2)CC1. The molecule has 0 spiro atoms. The van der Waals surface area contributed by atoms with Crippen LogP contribution in [0, 0.1) is 17.8 Å². The minimum Gasteiger partial charge on any atom is -0.159 e. The molecule has 0 nitrogen and oxygen atoms in total. The van der Waals surface area contributed by atoms with Gasteiger partial charge in [0.25, 0.3) is 0 Å². The van der Waals surface area contributed by atoms with Gasteiger partial charge in [-0.25, -0.2) is 0 Å².